The summed E-state index contributed by atoms with van der Waals surface area (Å²) in [5, 5.41) is 0. The van der Waals surface area contributed by atoms with E-state index < -0.39 is 47.9 Å². The molecule has 9 heteroatoms. The summed E-state index contributed by atoms with van der Waals surface area (Å²) in [5.74, 6) is 0. The molecule has 128 valence electrons. The van der Waals surface area contributed by atoms with Gasteiger partial charge in [0.25, 0.3) is 0 Å². The first kappa shape index (κ1) is 22.3. The van der Waals surface area contributed by atoms with Gasteiger partial charge >= 0.3 is 140 Å². The molecule has 0 fully saturated rings. The minimum atomic E-state index is -3.71. The van der Waals surface area contributed by atoms with Gasteiger partial charge in [0.15, 0.2) is 0 Å². The van der Waals surface area contributed by atoms with Gasteiger partial charge in [-0.1, -0.05) is 0 Å². The average Bonchev–Trinajstić information content (AvgIpc) is 1.83. The first-order valence-electron chi connectivity index (χ1n) is 7.63. The van der Waals surface area contributed by atoms with Crippen LogP contribution in [0, 0.1) is 0 Å². The zero-order valence-corrected chi connectivity index (χ0v) is 22.2. The Morgan fingerprint density at radius 3 is 0.619 bits per heavy atom. The Balaban J connectivity index is 5.70. The molecule has 0 aliphatic heterocycles. The van der Waals surface area contributed by atoms with Crippen LogP contribution in [0.2, 0.25) is 78.6 Å². The summed E-state index contributed by atoms with van der Waals surface area (Å²) in [6.07, 6.45) is 0. The Bertz CT molecular complexity index is 270. The first-order valence-corrected chi connectivity index (χ1v) is 24.7. The van der Waals surface area contributed by atoms with Gasteiger partial charge in [-0.2, -0.15) is 0 Å². The number of hydrogen-bond donors (Lipinski definition) is 0. The minimum absolute atomic E-state index is 1.82. The molecule has 0 spiro atoms. The average molecular weight is 429 g/mol. The molecule has 4 nitrogen and oxygen atoms in total. The molecule has 0 amide bonds. The van der Waals surface area contributed by atoms with E-state index in [0.29, 0.717) is 0 Å². The van der Waals surface area contributed by atoms with E-state index in [0.717, 1.165) is 0 Å². The molecule has 0 heterocycles. The van der Waals surface area contributed by atoms with E-state index in [1.165, 1.54) is 0 Å². The van der Waals surface area contributed by atoms with Gasteiger partial charge < -0.3 is 0 Å². The van der Waals surface area contributed by atoms with E-state index in [2.05, 4.69) is 78.6 Å². The summed E-state index contributed by atoms with van der Waals surface area (Å²) in [6, 6.07) is 0. The van der Waals surface area contributed by atoms with Crippen molar-refractivity contribution in [1.29, 1.82) is 0 Å². The molecule has 0 atom stereocenters. The molecule has 0 saturated carbocycles. The molecule has 0 rings (SSSR count). The van der Waals surface area contributed by atoms with Crippen LogP contribution in [0.5, 0.6) is 0 Å². The van der Waals surface area contributed by atoms with Gasteiger partial charge in [-0.25, -0.2) is 0 Å². The summed E-state index contributed by atoms with van der Waals surface area (Å²) >= 11 is -3.71. The summed E-state index contributed by atoms with van der Waals surface area (Å²) in [7, 11) is -7.27. The molecule has 21 heavy (non-hydrogen) atoms. The van der Waals surface area contributed by atoms with Crippen LogP contribution in [0.3, 0.4) is 0 Å². The Morgan fingerprint density at radius 1 is 0.381 bits per heavy atom. The Morgan fingerprint density at radius 2 is 0.524 bits per heavy atom. The first-order chi connectivity index (χ1) is 8.83. The molecule has 0 aromatic heterocycles. The van der Waals surface area contributed by atoms with Crippen LogP contribution in [-0.2, 0) is 13.8 Å². The molecule has 0 unspecified atom stereocenters. The third-order valence-electron chi connectivity index (χ3n) is 1.72. The van der Waals surface area contributed by atoms with Crippen LogP contribution in [0.1, 0.15) is 0 Å². The third kappa shape index (κ3) is 12.4. The maximum absolute atomic E-state index is 6.52. The second-order valence-corrected chi connectivity index (χ2v) is 34.3. The predicted octanol–water partition coefficient (Wildman–Crippen LogP) is 4.83. The van der Waals surface area contributed by atoms with Crippen molar-refractivity contribution in [2.75, 3.05) is 0 Å². The fourth-order valence-electron chi connectivity index (χ4n) is 1.63. The summed E-state index contributed by atoms with van der Waals surface area (Å²) in [5.41, 5.74) is 0. The van der Waals surface area contributed by atoms with E-state index in [4.69, 9.17) is 13.8 Å². The van der Waals surface area contributed by atoms with Gasteiger partial charge in [0.05, 0.1) is 0 Å². The third-order valence-corrected chi connectivity index (χ3v) is 26.9. The standard InChI is InChI=1S/C12H36GeO4Si4/c1-18(2,3)14-13(15-19(4,5)6,16-20(7,8)9)17-21(10,11)12/h1-12H3. The maximum atomic E-state index is 6.52. The van der Waals surface area contributed by atoms with Gasteiger partial charge in [-0.3, -0.25) is 0 Å². The van der Waals surface area contributed by atoms with Crippen molar-refractivity contribution in [2.24, 2.45) is 0 Å². The quantitative estimate of drug-likeness (QED) is 0.518. The van der Waals surface area contributed by atoms with Gasteiger partial charge in [0.1, 0.15) is 0 Å². The zero-order valence-electron chi connectivity index (χ0n) is 16.1. The van der Waals surface area contributed by atoms with Crippen LogP contribution in [0.4, 0.5) is 0 Å². The van der Waals surface area contributed by atoms with E-state index in [1.807, 2.05) is 0 Å². The molecule has 0 aromatic carbocycles. The Hall–Kier alpha value is 1.25. The van der Waals surface area contributed by atoms with Crippen LogP contribution < -0.4 is 0 Å². The molecule has 0 N–H and O–H groups in total. The Kier molecular flexibility index (Phi) is 7.43. The van der Waals surface area contributed by atoms with Crippen molar-refractivity contribution in [3.05, 3.63) is 0 Å². The molecule has 0 aliphatic carbocycles. The van der Waals surface area contributed by atoms with E-state index in [1.54, 1.807) is 0 Å². The Labute approximate surface area is 140 Å². The summed E-state index contributed by atoms with van der Waals surface area (Å²) in [4.78, 5) is 0. The van der Waals surface area contributed by atoms with Crippen molar-refractivity contribution in [3.8, 4) is 0 Å². The zero-order chi connectivity index (χ0) is 17.3. The van der Waals surface area contributed by atoms with E-state index in [9.17, 15) is 0 Å². The van der Waals surface area contributed by atoms with Gasteiger partial charge in [0.2, 0.25) is 0 Å². The predicted molar refractivity (Wildman–Crippen MR) is 103 cm³/mol. The van der Waals surface area contributed by atoms with Crippen LogP contribution in [0.25, 0.3) is 0 Å². The van der Waals surface area contributed by atoms with E-state index >= 15 is 0 Å². The number of rotatable bonds is 8. The van der Waals surface area contributed by atoms with Gasteiger partial charge in [0, 0.05) is 0 Å². The topological polar surface area (TPSA) is 36.9 Å². The second-order valence-electron chi connectivity index (χ2n) is 9.36. The molecular formula is C12H36GeO4Si4. The van der Waals surface area contributed by atoms with Crippen molar-refractivity contribution >= 4 is 47.9 Å². The van der Waals surface area contributed by atoms with Crippen molar-refractivity contribution in [2.45, 2.75) is 78.6 Å². The van der Waals surface area contributed by atoms with Crippen molar-refractivity contribution in [1.82, 2.24) is 0 Å². The monoisotopic (exact) mass is 430 g/mol. The van der Waals surface area contributed by atoms with Crippen molar-refractivity contribution in [3.63, 3.8) is 0 Å². The van der Waals surface area contributed by atoms with Crippen LogP contribution in [-0.4, -0.2) is 47.9 Å². The SMILES string of the molecule is C[Si](C)(C)[O][Ge]([O][Si](C)(C)C)([O][Si](C)(C)C)[O][Si](C)(C)C. The molecular weight excluding hydrogens is 393 g/mol. The van der Waals surface area contributed by atoms with E-state index in [-0.39, 0.29) is 0 Å². The fourth-order valence-corrected chi connectivity index (χ4v) is 29.2. The summed E-state index contributed by atoms with van der Waals surface area (Å²) < 4.78 is 26.1. The van der Waals surface area contributed by atoms with Gasteiger partial charge in [-0.15, -0.1) is 0 Å². The second kappa shape index (κ2) is 7.01. The molecule has 0 aliphatic rings. The van der Waals surface area contributed by atoms with Crippen LogP contribution in [0.15, 0.2) is 0 Å². The molecule has 0 aromatic rings. The molecule has 0 saturated heterocycles. The van der Waals surface area contributed by atoms with Crippen LogP contribution >= 0.6 is 0 Å². The molecule has 0 bridgehead atoms. The number of hydrogen-bond acceptors (Lipinski definition) is 4. The fraction of sp³-hybridized carbons (Fsp3) is 1.00. The molecule has 0 radical (unpaired) electrons. The van der Waals surface area contributed by atoms with Gasteiger partial charge in [-0.05, 0) is 0 Å². The van der Waals surface area contributed by atoms with Crippen molar-refractivity contribution < 1.29 is 13.8 Å². The summed E-state index contributed by atoms with van der Waals surface area (Å²) in [6.45, 7) is 26.2. The normalized spacial score (nSPS) is 15.4.